The highest BCUT2D eigenvalue weighted by Gasteiger charge is 2.23. The molecule has 0 bridgehead atoms. The van der Waals surface area contributed by atoms with Crippen LogP contribution in [0.5, 0.6) is 0 Å². The number of hydrogen-bond acceptors (Lipinski definition) is 3. The van der Waals surface area contributed by atoms with Crippen molar-refractivity contribution in [1.82, 2.24) is 0 Å². The molecule has 0 heterocycles. The number of nitro benzene ring substituents is 1. The Morgan fingerprint density at radius 3 is 2.95 bits per heavy atom. The lowest BCUT2D eigenvalue weighted by Crippen LogP contribution is -2.27. The molecular formula is C14H19ClN2O2. The van der Waals surface area contributed by atoms with Crippen LogP contribution in [0, 0.1) is 16.0 Å². The summed E-state index contributed by atoms with van der Waals surface area (Å²) in [6.07, 6.45) is 5.78. The number of hydrogen-bond donors (Lipinski definition) is 1. The molecule has 104 valence electrons. The molecule has 4 nitrogen and oxygen atoms in total. The first-order valence-corrected chi connectivity index (χ1v) is 7.18. The molecule has 1 aliphatic rings. The van der Waals surface area contributed by atoms with Gasteiger partial charge in [0.15, 0.2) is 0 Å². The first-order chi connectivity index (χ1) is 9.10. The molecule has 0 saturated heterocycles. The zero-order valence-corrected chi connectivity index (χ0v) is 11.8. The van der Waals surface area contributed by atoms with Crippen molar-refractivity contribution in [3.8, 4) is 0 Å². The molecule has 2 rings (SSSR count). The van der Waals surface area contributed by atoms with Crippen LogP contribution in [0.3, 0.4) is 0 Å². The Kier molecular flexibility index (Phi) is 4.64. The fraction of sp³-hybridized carbons (Fsp3) is 0.571. The van der Waals surface area contributed by atoms with E-state index >= 15 is 0 Å². The van der Waals surface area contributed by atoms with Gasteiger partial charge in [0.2, 0.25) is 0 Å². The highest BCUT2D eigenvalue weighted by molar-refractivity contribution is 6.31. The summed E-state index contributed by atoms with van der Waals surface area (Å²) in [4.78, 5) is 10.7. The van der Waals surface area contributed by atoms with Crippen molar-refractivity contribution in [3.05, 3.63) is 33.3 Å². The summed E-state index contributed by atoms with van der Waals surface area (Å²) in [5.74, 6) is 0.726. The number of halogens is 1. The number of anilines is 1. The Bertz CT molecular complexity index is 465. The van der Waals surface area contributed by atoms with Crippen LogP contribution in [0.15, 0.2) is 18.2 Å². The van der Waals surface area contributed by atoms with Gasteiger partial charge in [-0.3, -0.25) is 10.1 Å². The van der Waals surface area contributed by atoms with Gasteiger partial charge in [-0.1, -0.05) is 37.8 Å². The predicted molar refractivity (Wildman–Crippen MR) is 77.8 cm³/mol. The summed E-state index contributed by atoms with van der Waals surface area (Å²) >= 11 is 5.93. The average molecular weight is 283 g/mol. The van der Waals surface area contributed by atoms with E-state index in [9.17, 15) is 10.1 Å². The second kappa shape index (κ2) is 6.24. The van der Waals surface area contributed by atoms with Crippen LogP contribution in [0.1, 0.15) is 39.0 Å². The minimum Gasteiger partial charge on any atom is -0.377 e. The van der Waals surface area contributed by atoms with E-state index in [-0.39, 0.29) is 10.6 Å². The third-order valence-electron chi connectivity index (χ3n) is 3.88. The highest BCUT2D eigenvalue weighted by Crippen LogP contribution is 2.33. The molecule has 0 spiro atoms. The minimum atomic E-state index is -0.362. The molecule has 0 aromatic heterocycles. The number of nitro groups is 1. The van der Waals surface area contributed by atoms with Gasteiger partial charge in [0.05, 0.1) is 4.92 Å². The third-order valence-corrected chi connectivity index (χ3v) is 4.11. The lowest BCUT2D eigenvalue weighted by Gasteiger charge is -2.29. The Balaban J connectivity index is 2.13. The normalized spacial score (nSPS) is 23.1. The van der Waals surface area contributed by atoms with Gasteiger partial charge in [0.1, 0.15) is 5.69 Å². The average Bonchev–Trinajstić information content (AvgIpc) is 2.38. The molecule has 0 amide bonds. The van der Waals surface area contributed by atoms with E-state index in [0.717, 1.165) is 18.8 Å². The zero-order chi connectivity index (χ0) is 13.8. The van der Waals surface area contributed by atoms with Crippen molar-refractivity contribution >= 4 is 23.0 Å². The predicted octanol–water partition coefficient (Wildman–Crippen LogP) is 4.63. The summed E-state index contributed by atoms with van der Waals surface area (Å²) in [5, 5.41) is 14.9. The lowest BCUT2D eigenvalue weighted by molar-refractivity contribution is -0.384. The van der Waals surface area contributed by atoms with Crippen molar-refractivity contribution < 1.29 is 4.92 Å². The molecule has 1 aromatic rings. The van der Waals surface area contributed by atoms with Crippen LogP contribution in [0.4, 0.5) is 11.4 Å². The van der Waals surface area contributed by atoms with E-state index < -0.39 is 0 Å². The monoisotopic (exact) mass is 282 g/mol. The van der Waals surface area contributed by atoms with E-state index in [1.54, 1.807) is 12.1 Å². The molecule has 1 aliphatic carbocycles. The molecule has 1 fully saturated rings. The lowest BCUT2D eigenvalue weighted by atomic mass is 9.84. The minimum absolute atomic E-state index is 0.100. The highest BCUT2D eigenvalue weighted by atomic mass is 35.5. The van der Waals surface area contributed by atoms with Crippen LogP contribution in [0.25, 0.3) is 0 Å². The summed E-state index contributed by atoms with van der Waals surface area (Å²) in [7, 11) is 0. The maximum absolute atomic E-state index is 11.0. The van der Waals surface area contributed by atoms with Gasteiger partial charge in [0.25, 0.3) is 5.69 Å². The van der Waals surface area contributed by atoms with Crippen LogP contribution in [-0.2, 0) is 0 Å². The number of nitrogens with zero attached hydrogens (tertiary/aromatic N) is 1. The van der Waals surface area contributed by atoms with Crippen LogP contribution < -0.4 is 5.32 Å². The second-order valence-electron chi connectivity index (χ2n) is 5.20. The van der Waals surface area contributed by atoms with Crippen molar-refractivity contribution in [2.75, 3.05) is 5.32 Å². The summed E-state index contributed by atoms with van der Waals surface area (Å²) < 4.78 is 0. The van der Waals surface area contributed by atoms with Gasteiger partial charge < -0.3 is 5.32 Å². The van der Waals surface area contributed by atoms with E-state index in [0.29, 0.717) is 16.8 Å². The Morgan fingerprint density at radius 1 is 1.47 bits per heavy atom. The van der Waals surface area contributed by atoms with E-state index in [1.165, 1.54) is 25.3 Å². The van der Waals surface area contributed by atoms with Gasteiger partial charge >= 0.3 is 0 Å². The Labute approximate surface area is 118 Å². The smallest absolute Gasteiger partial charge is 0.292 e. The fourth-order valence-electron chi connectivity index (χ4n) is 2.80. The molecule has 2 atom stereocenters. The van der Waals surface area contributed by atoms with Crippen molar-refractivity contribution in [3.63, 3.8) is 0 Å². The van der Waals surface area contributed by atoms with Gasteiger partial charge in [-0.25, -0.2) is 0 Å². The molecule has 0 aliphatic heterocycles. The molecule has 19 heavy (non-hydrogen) atoms. The second-order valence-corrected chi connectivity index (χ2v) is 5.64. The van der Waals surface area contributed by atoms with E-state index in [2.05, 4.69) is 12.2 Å². The molecule has 1 saturated carbocycles. The van der Waals surface area contributed by atoms with Gasteiger partial charge in [-0.2, -0.15) is 0 Å². The summed E-state index contributed by atoms with van der Waals surface area (Å²) in [5.41, 5.74) is 0.641. The standard InChI is InChI=1S/C14H19ClN2O2/c1-2-10-4-3-5-12(8-10)16-13-9-11(15)6-7-14(13)17(18)19/h6-7,9-10,12,16H,2-5,8H2,1H3. The SMILES string of the molecule is CCC1CCCC(Nc2cc(Cl)ccc2[N+](=O)[O-])C1. The van der Waals surface area contributed by atoms with Gasteiger partial charge in [-0.05, 0) is 30.9 Å². The first-order valence-electron chi connectivity index (χ1n) is 6.80. The summed E-state index contributed by atoms with van der Waals surface area (Å²) in [6, 6.07) is 4.98. The van der Waals surface area contributed by atoms with Crippen molar-refractivity contribution in [2.24, 2.45) is 5.92 Å². The first kappa shape index (κ1) is 14.1. The van der Waals surface area contributed by atoms with Crippen molar-refractivity contribution in [1.29, 1.82) is 0 Å². The molecule has 0 radical (unpaired) electrons. The van der Waals surface area contributed by atoms with Gasteiger partial charge in [0, 0.05) is 17.1 Å². The molecule has 5 heteroatoms. The number of rotatable bonds is 4. The maximum Gasteiger partial charge on any atom is 0.292 e. The van der Waals surface area contributed by atoms with Crippen LogP contribution >= 0.6 is 11.6 Å². The van der Waals surface area contributed by atoms with Crippen LogP contribution in [0.2, 0.25) is 5.02 Å². The Morgan fingerprint density at radius 2 is 2.26 bits per heavy atom. The maximum atomic E-state index is 11.0. The molecule has 2 unspecified atom stereocenters. The summed E-state index contributed by atoms with van der Waals surface area (Å²) in [6.45, 7) is 2.20. The topological polar surface area (TPSA) is 55.2 Å². The number of nitrogens with one attached hydrogen (secondary N) is 1. The molecular weight excluding hydrogens is 264 g/mol. The van der Waals surface area contributed by atoms with Gasteiger partial charge in [-0.15, -0.1) is 0 Å². The Hall–Kier alpha value is -1.29. The fourth-order valence-corrected chi connectivity index (χ4v) is 2.97. The molecule has 1 N–H and O–H groups in total. The quantitative estimate of drug-likeness (QED) is 0.647. The van der Waals surface area contributed by atoms with E-state index in [1.807, 2.05) is 0 Å². The van der Waals surface area contributed by atoms with E-state index in [4.69, 9.17) is 11.6 Å². The largest absolute Gasteiger partial charge is 0.377 e. The van der Waals surface area contributed by atoms with Crippen LogP contribution in [-0.4, -0.2) is 11.0 Å². The molecule has 1 aromatic carbocycles. The third kappa shape index (κ3) is 3.60. The number of benzene rings is 1. The van der Waals surface area contributed by atoms with Crippen molar-refractivity contribution in [2.45, 2.75) is 45.1 Å². The zero-order valence-electron chi connectivity index (χ0n) is 11.1.